The van der Waals surface area contributed by atoms with E-state index >= 15 is 0 Å². The van der Waals surface area contributed by atoms with Crippen LogP contribution >= 0.6 is 11.3 Å². The van der Waals surface area contributed by atoms with Gasteiger partial charge in [0.15, 0.2) is 6.29 Å². The molecular weight excluding hydrogens is 220 g/mol. The van der Waals surface area contributed by atoms with Gasteiger partial charge in [-0.3, -0.25) is 4.79 Å². The minimum atomic E-state index is 0.335. The maximum absolute atomic E-state index is 10.6. The first kappa shape index (κ1) is 11.6. The molecule has 1 heterocycles. The van der Waals surface area contributed by atoms with Crippen LogP contribution in [-0.2, 0) is 0 Å². The number of carbonyl (C=O) groups is 1. The SMILES string of the molecule is CC1(C)CCC(Oc2csc(C=O)c2)CC1. The third kappa shape index (κ3) is 2.85. The van der Waals surface area contributed by atoms with Gasteiger partial charge in [-0.2, -0.15) is 0 Å². The Hall–Kier alpha value is -0.830. The first-order valence-corrected chi connectivity index (χ1v) is 6.67. The van der Waals surface area contributed by atoms with Gasteiger partial charge in [-0.25, -0.2) is 0 Å². The maximum atomic E-state index is 10.6. The molecule has 1 saturated carbocycles. The minimum absolute atomic E-state index is 0.335. The van der Waals surface area contributed by atoms with Crippen molar-refractivity contribution in [1.29, 1.82) is 0 Å². The Morgan fingerprint density at radius 1 is 1.44 bits per heavy atom. The highest BCUT2D eigenvalue weighted by Crippen LogP contribution is 2.36. The molecule has 3 heteroatoms. The summed E-state index contributed by atoms with van der Waals surface area (Å²) < 4.78 is 5.88. The maximum Gasteiger partial charge on any atom is 0.160 e. The van der Waals surface area contributed by atoms with E-state index in [4.69, 9.17) is 4.74 Å². The Balaban J connectivity index is 1.89. The third-order valence-corrected chi connectivity index (χ3v) is 4.14. The molecule has 0 unspecified atom stereocenters. The summed E-state index contributed by atoms with van der Waals surface area (Å²) in [4.78, 5) is 11.3. The van der Waals surface area contributed by atoms with E-state index in [-0.39, 0.29) is 0 Å². The molecule has 0 amide bonds. The van der Waals surface area contributed by atoms with E-state index in [9.17, 15) is 4.79 Å². The molecule has 0 N–H and O–H groups in total. The van der Waals surface area contributed by atoms with Gasteiger partial charge in [0.05, 0.1) is 11.0 Å². The van der Waals surface area contributed by atoms with E-state index < -0.39 is 0 Å². The van der Waals surface area contributed by atoms with Crippen molar-refractivity contribution in [3.63, 3.8) is 0 Å². The van der Waals surface area contributed by atoms with Crippen LogP contribution in [0.25, 0.3) is 0 Å². The first-order chi connectivity index (χ1) is 7.59. The molecular formula is C13H18O2S. The molecule has 0 aromatic carbocycles. The predicted octanol–water partition coefficient (Wildman–Crippen LogP) is 3.91. The Bertz CT molecular complexity index is 358. The zero-order valence-corrected chi connectivity index (χ0v) is 10.7. The molecule has 16 heavy (non-hydrogen) atoms. The summed E-state index contributed by atoms with van der Waals surface area (Å²) >= 11 is 1.44. The van der Waals surface area contributed by atoms with Crippen LogP contribution in [0.15, 0.2) is 11.4 Å². The van der Waals surface area contributed by atoms with Gasteiger partial charge in [0.1, 0.15) is 5.75 Å². The lowest BCUT2D eigenvalue weighted by atomic mass is 9.76. The molecule has 0 atom stereocenters. The van der Waals surface area contributed by atoms with Crippen LogP contribution in [0.1, 0.15) is 49.2 Å². The summed E-state index contributed by atoms with van der Waals surface area (Å²) in [7, 11) is 0. The lowest BCUT2D eigenvalue weighted by Crippen LogP contribution is -2.28. The van der Waals surface area contributed by atoms with Crippen molar-refractivity contribution in [1.82, 2.24) is 0 Å². The van der Waals surface area contributed by atoms with Gasteiger partial charge < -0.3 is 4.74 Å². The quantitative estimate of drug-likeness (QED) is 0.746. The lowest BCUT2D eigenvalue weighted by molar-refractivity contribution is 0.0990. The van der Waals surface area contributed by atoms with Crippen LogP contribution in [0.4, 0.5) is 0 Å². The fourth-order valence-corrected chi connectivity index (χ4v) is 2.76. The van der Waals surface area contributed by atoms with Gasteiger partial charge in [0, 0.05) is 11.4 Å². The summed E-state index contributed by atoms with van der Waals surface area (Å²) in [5.41, 5.74) is 0.475. The van der Waals surface area contributed by atoms with Crippen LogP contribution in [0, 0.1) is 5.41 Å². The lowest BCUT2D eigenvalue weighted by Gasteiger charge is -2.34. The number of hydrogen-bond donors (Lipinski definition) is 0. The summed E-state index contributed by atoms with van der Waals surface area (Å²) in [5.74, 6) is 0.858. The average molecular weight is 238 g/mol. The average Bonchev–Trinajstić information content (AvgIpc) is 2.69. The number of ether oxygens (including phenoxy) is 1. The first-order valence-electron chi connectivity index (χ1n) is 5.79. The number of carbonyl (C=O) groups excluding carboxylic acids is 1. The molecule has 0 bridgehead atoms. The van der Waals surface area contributed by atoms with E-state index in [1.165, 1.54) is 24.2 Å². The van der Waals surface area contributed by atoms with Crippen LogP contribution in [0.2, 0.25) is 0 Å². The van der Waals surface area contributed by atoms with Gasteiger partial charge in [-0.15, -0.1) is 11.3 Å². The molecule has 0 radical (unpaired) electrons. The Morgan fingerprint density at radius 3 is 2.69 bits per heavy atom. The highest BCUT2D eigenvalue weighted by Gasteiger charge is 2.27. The van der Waals surface area contributed by atoms with Crippen molar-refractivity contribution in [3.8, 4) is 5.75 Å². The molecule has 1 aromatic rings. The summed E-state index contributed by atoms with van der Waals surface area (Å²) in [6.07, 6.45) is 5.91. The van der Waals surface area contributed by atoms with Crippen LogP contribution in [-0.4, -0.2) is 12.4 Å². The molecule has 1 aromatic heterocycles. The van der Waals surface area contributed by atoms with Crippen LogP contribution < -0.4 is 4.74 Å². The minimum Gasteiger partial charge on any atom is -0.490 e. The highest BCUT2D eigenvalue weighted by atomic mass is 32.1. The van der Waals surface area contributed by atoms with Gasteiger partial charge in [-0.1, -0.05) is 13.8 Å². The van der Waals surface area contributed by atoms with E-state index in [0.717, 1.165) is 29.8 Å². The van der Waals surface area contributed by atoms with Crippen LogP contribution in [0.5, 0.6) is 5.75 Å². The summed E-state index contributed by atoms with van der Waals surface area (Å²) in [5, 5.41) is 1.92. The normalized spacial score (nSPS) is 20.6. The molecule has 0 saturated heterocycles. The van der Waals surface area contributed by atoms with Crippen LogP contribution in [0.3, 0.4) is 0 Å². The second kappa shape index (κ2) is 4.58. The molecule has 1 aliphatic rings. The fraction of sp³-hybridized carbons (Fsp3) is 0.615. The van der Waals surface area contributed by atoms with E-state index in [1.807, 2.05) is 11.4 Å². The fourth-order valence-electron chi connectivity index (χ4n) is 2.14. The highest BCUT2D eigenvalue weighted by molar-refractivity contribution is 7.11. The van der Waals surface area contributed by atoms with Crippen molar-refractivity contribution in [2.45, 2.75) is 45.6 Å². The molecule has 1 fully saturated rings. The summed E-state index contributed by atoms with van der Waals surface area (Å²) in [6, 6.07) is 1.83. The number of aldehydes is 1. The van der Waals surface area contributed by atoms with E-state index in [0.29, 0.717) is 11.5 Å². The number of rotatable bonds is 3. The zero-order chi connectivity index (χ0) is 11.6. The van der Waals surface area contributed by atoms with Crippen molar-refractivity contribution >= 4 is 17.6 Å². The standard InChI is InChI=1S/C13H18O2S/c1-13(2)5-3-10(4-6-13)15-11-7-12(8-14)16-9-11/h7-10H,3-6H2,1-2H3. The molecule has 2 nitrogen and oxygen atoms in total. The predicted molar refractivity (Wildman–Crippen MR) is 66.4 cm³/mol. The molecule has 0 aliphatic heterocycles. The molecule has 0 spiro atoms. The van der Waals surface area contributed by atoms with Crippen molar-refractivity contribution in [3.05, 3.63) is 16.3 Å². The largest absolute Gasteiger partial charge is 0.490 e. The van der Waals surface area contributed by atoms with E-state index in [1.54, 1.807) is 0 Å². The number of thiophene rings is 1. The van der Waals surface area contributed by atoms with Crippen molar-refractivity contribution in [2.24, 2.45) is 5.41 Å². The van der Waals surface area contributed by atoms with E-state index in [2.05, 4.69) is 13.8 Å². The Kier molecular flexibility index (Phi) is 3.33. The zero-order valence-electron chi connectivity index (χ0n) is 9.86. The summed E-state index contributed by atoms with van der Waals surface area (Å²) in [6.45, 7) is 4.64. The van der Waals surface area contributed by atoms with Crippen molar-refractivity contribution < 1.29 is 9.53 Å². The molecule has 1 aliphatic carbocycles. The van der Waals surface area contributed by atoms with Crippen molar-refractivity contribution in [2.75, 3.05) is 0 Å². The van der Waals surface area contributed by atoms with Gasteiger partial charge in [-0.05, 0) is 31.1 Å². The molecule has 88 valence electrons. The van der Waals surface area contributed by atoms with Gasteiger partial charge in [0.25, 0.3) is 0 Å². The Morgan fingerprint density at radius 2 is 2.12 bits per heavy atom. The Labute approximate surface area is 101 Å². The molecule has 2 rings (SSSR count). The topological polar surface area (TPSA) is 26.3 Å². The number of hydrogen-bond acceptors (Lipinski definition) is 3. The van der Waals surface area contributed by atoms with Gasteiger partial charge in [0.2, 0.25) is 0 Å². The monoisotopic (exact) mass is 238 g/mol. The smallest absolute Gasteiger partial charge is 0.160 e. The second-order valence-corrected chi connectivity index (χ2v) is 6.23. The van der Waals surface area contributed by atoms with Gasteiger partial charge >= 0.3 is 0 Å². The second-order valence-electron chi connectivity index (χ2n) is 5.28. The third-order valence-electron chi connectivity index (χ3n) is 3.30.